The first-order valence-electron chi connectivity index (χ1n) is 10.2. The van der Waals surface area contributed by atoms with Gasteiger partial charge in [0.15, 0.2) is 0 Å². The van der Waals surface area contributed by atoms with Crippen LogP contribution in [-0.4, -0.2) is 89.6 Å². The molecule has 0 atom stereocenters. The van der Waals surface area contributed by atoms with Crippen LogP contribution in [0.2, 0.25) is 0 Å². The molecule has 1 aromatic heterocycles. The van der Waals surface area contributed by atoms with Crippen LogP contribution in [0.1, 0.15) is 34.6 Å². The van der Waals surface area contributed by atoms with Gasteiger partial charge in [0.2, 0.25) is 0 Å². The third-order valence-electron chi connectivity index (χ3n) is 5.57. The van der Waals surface area contributed by atoms with Crippen molar-refractivity contribution in [3.05, 3.63) is 35.3 Å². The van der Waals surface area contributed by atoms with Crippen LogP contribution in [0.4, 0.5) is 9.18 Å². The lowest BCUT2D eigenvalue weighted by Crippen LogP contribution is -2.55. The first kappa shape index (κ1) is 22.3. The van der Waals surface area contributed by atoms with Gasteiger partial charge in [0.25, 0.3) is 17.6 Å². The number of urea groups is 1. The Morgan fingerprint density at radius 3 is 2.23 bits per heavy atom. The molecule has 31 heavy (non-hydrogen) atoms. The summed E-state index contributed by atoms with van der Waals surface area (Å²) >= 11 is 0. The Labute approximate surface area is 179 Å². The second-order valence-corrected chi connectivity index (χ2v) is 7.19. The van der Waals surface area contributed by atoms with Gasteiger partial charge in [-0.2, -0.15) is 0 Å². The summed E-state index contributed by atoms with van der Waals surface area (Å²) in [6.07, 6.45) is 1.25. The fraction of sp³-hybridized carbons (Fsp3) is 0.429. The number of halogens is 1. The molecular weight excluding hydrogens is 405 g/mol. The van der Waals surface area contributed by atoms with Crippen LogP contribution in [0.15, 0.2) is 18.3 Å². The van der Waals surface area contributed by atoms with E-state index in [0.717, 1.165) is 6.07 Å². The number of piperazine rings is 1. The fourth-order valence-electron chi connectivity index (χ4n) is 3.76. The van der Waals surface area contributed by atoms with E-state index < -0.39 is 23.4 Å². The number of nitrogens with zero attached hydrogens (tertiary/aromatic N) is 3. The molecule has 9 nitrogen and oxygen atoms in total. The normalized spacial score (nSPS) is 13.9. The first-order chi connectivity index (χ1) is 14.8. The minimum absolute atomic E-state index is 0.0882. The van der Waals surface area contributed by atoms with Crippen molar-refractivity contribution in [2.75, 3.05) is 46.3 Å². The summed E-state index contributed by atoms with van der Waals surface area (Å²) in [5, 5.41) is 2.37. The number of amides is 4. The van der Waals surface area contributed by atoms with Crippen LogP contribution in [0, 0.1) is 5.82 Å². The zero-order chi connectivity index (χ0) is 22.7. The first-order valence-corrected chi connectivity index (χ1v) is 10.2. The number of nitrogens with one attached hydrogen (secondary N) is 2. The molecule has 0 bridgehead atoms. The molecule has 1 saturated heterocycles. The van der Waals surface area contributed by atoms with Gasteiger partial charge in [-0.05, 0) is 26.0 Å². The Bertz CT molecular complexity index is 1020. The quantitative estimate of drug-likeness (QED) is 0.552. The molecule has 2 heterocycles. The molecule has 3 rings (SSSR count). The number of ketones is 1. The molecule has 0 aliphatic carbocycles. The van der Waals surface area contributed by atoms with E-state index >= 15 is 0 Å². The van der Waals surface area contributed by atoms with E-state index in [1.807, 2.05) is 13.8 Å². The number of hydrogen-bond acceptors (Lipinski definition) is 4. The van der Waals surface area contributed by atoms with Crippen molar-refractivity contribution in [2.24, 2.45) is 0 Å². The smallest absolute Gasteiger partial charge is 0.320 e. The molecule has 1 aromatic carbocycles. The zero-order valence-electron chi connectivity index (χ0n) is 17.8. The van der Waals surface area contributed by atoms with Crippen LogP contribution in [-0.2, 0) is 4.79 Å². The summed E-state index contributed by atoms with van der Waals surface area (Å²) in [6.45, 7) is 6.05. The number of aromatic amines is 1. The largest absolute Gasteiger partial charge is 0.360 e. The average molecular weight is 431 g/mol. The average Bonchev–Trinajstić information content (AvgIpc) is 3.24. The lowest BCUT2D eigenvalue weighted by molar-refractivity contribution is -0.127. The van der Waals surface area contributed by atoms with E-state index in [1.54, 1.807) is 9.80 Å². The van der Waals surface area contributed by atoms with E-state index in [9.17, 15) is 23.6 Å². The second kappa shape index (κ2) is 9.15. The Hall–Kier alpha value is -3.43. The van der Waals surface area contributed by atoms with Gasteiger partial charge >= 0.3 is 6.03 Å². The van der Waals surface area contributed by atoms with Crippen LogP contribution in [0.3, 0.4) is 0 Å². The number of aromatic nitrogens is 1. The minimum Gasteiger partial charge on any atom is -0.360 e. The molecule has 166 valence electrons. The Balaban J connectivity index is 1.77. The molecule has 1 aliphatic heterocycles. The minimum atomic E-state index is -0.859. The van der Waals surface area contributed by atoms with E-state index in [0.29, 0.717) is 26.2 Å². The van der Waals surface area contributed by atoms with Gasteiger partial charge in [-0.25, -0.2) is 9.18 Å². The van der Waals surface area contributed by atoms with Crippen molar-refractivity contribution in [1.82, 2.24) is 25.0 Å². The number of Topliss-reactive ketones (excluding diaryl/α,β-unsaturated/α-hetero) is 1. The number of carbonyl (C=O) groups is 4. The number of carbonyl (C=O) groups excluding carboxylic acids is 4. The SMILES string of the molecule is CCN(CC)C(=O)N1CCN(C(=O)C(=O)c2c[nH]c3c(C(=O)NC)ccc(F)c23)CC1. The second-order valence-electron chi connectivity index (χ2n) is 7.19. The van der Waals surface area contributed by atoms with Crippen molar-refractivity contribution in [3.63, 3.8) is 0 Å². The molecule has 0 saturated carbocycles. The van der Waals surface area contributed by atoms with E-state index in [4.69, 9.17) is 0 Å². The van der Waals surface area contributed by atoms with E-state index in [1.165, 1.54) is 24.2 Å². The summed E-state index contributed by atoms with van der Waals surface area (Å²) in [6, 6.07) is 2.32. The van der Waals surface area contributed by atoms with Gasteiger partial charge in [-0.1, -0.05) is 0 Å². The number of fused-ring (bicyclic) bond motifs is 1. The Kier molecular flexibility index (Phi) is 6.57. The van der Waals surface area contributed by atoms with E-state index in [-0.39, 0.29) is 41.2 Å². The highest BCUT2D eigenvalue weighted by molar-refractivity contribution is 6.45. The monoisotopic (exact) mass is 431 g/mol. The maximum atomic E-state index is 14.5. The maximum absolute atomic E-state index is 14.5. The summed E-state index contributed by atoms with van der Waals surface area (Å²) in [5.74, 6) is -2.76. The summed E-state index contributed by atoms with van der Waals surface area (Å²) in [5.41, 5.74) is 0.212. The van der Waals surface area contributed by atoms with E-state index in [2.05, 4.69) is 10.3 Å². The van der Waals surface area contributed by atoms with Crippen molar-refractivity contribution in [1.29, 1.82) is 0 Å². The molecule has 1 fully saturated rings. The molecule has 10 heteroatoms. The van der Waals surface area contributed by atoms with Gasteiger partial charge in [0.05, 0.1) is 16.6 Å². The third kappa shape index (κ3) is 4.10. The van der Waals surface area contributed by atoms with Crippen LogP contribution >= 0.6 is 0 Å². The molecule has 0 radical (unpaired) electrons. The Morgan fingerprint density at radius 2 is 1.65 bits per heavy atom. The predicted molar refractivity (Wildman–Crippen MR) is 112 cm³/mol. The lowest BCUT2D eigenvalue weighted by atomic mass is 10.0. The van der Waals surface area contributed by atoms with Crippen molar-refractivity contribution >= 4 is 34.5 Å². The zero-order valence-corrected chi connectivity index (χ0v) is 17.8. The highest BCUT2D eigenvalue weighted by Crippen LogP contribution is 2.26. The van der Waals surface area contributed by atoms with Crippen molar-refractivity contribution in [3.8, 4) is 0 Å². The van der Waals surface area contributed by atoms with Crippen LogP contribution in [0.25, 0.3) is 10.9 Å². The van der Waals surface area contributed by atoms with Crippen LogP contribution in [0.5, 0.6) is 0 Å². The summed E-state index contributed by atoms with van der Waals surface area (Å²) < 4.78 is 14.5. The number of rotatable bonds is 5. The summed E-state index contributed by atoms with van der Waals surface area (Å²) in [4.78, 5) is 57.6. The Morgan fingerprint density at radius 1 is 1.03 bits per heavy atom. The highest BCUT2D eigenvalue weighted by atomic mass is 19.1. The third-order valence-corrected chi connectivity index (χ3v) is 5.57. The van der Waals surface area contributed by atoms with Gasteiger partial charge in [-0.3, -0.25) is 14.4 Å². The lowest BCUT2D eigenvalue weighted by Gasteiger charge is -2.36. The van der Waals surface area contributed by atoms with Crippen LogP contribution < -0.4 is 5.32 Å². The fourth-order valence-corrected chi connectivity index (χ4v) is 3.76. The molecule has 2 N–H and O–H groups in total. The van der Waals surface area contributed by atoms with Crippen molar-refractivity contribution < 1.29 is 23.6 Å². The topological polar surface area (TPSA) is 106 Å². The summed E-state index contributed by atoms with van der Waals surface area (Å²) in [7, 11) is 1.45. The molecule has 2 aromatic rings. The molecule has 0 spiro atoms. The number of hydrogen-bond donors (Lipinski definition) is 2. The highest BCUT2D eigenvalue weighted by Gasteiger charge is 2.31. The van der Waals surface area contributed by atoms with Gasteiger partial charge in [0, 0.05) is 57.9 Å². The van der Waals surface area contributed by atoms with Gasteiger partial charge < -0.3 is 25.0 Å². The van der Waals surface area contributed by atoms with Gasteiger partial charge in [-0.15, -0.1) is 0 Å². The molecular formula is C21H26FN5O4. The maximum Gasteiger partial charge on any atom is 0.320 e. The number of benzene rings is 1. The molecule has 1 aliphatic rings. The number of H-pyrrole nitrogens is 1. The van der Waals surface area contributed by atoms with Crippen molar-refractivity contribution in [2.45, 2.75) is 13.8 Å². The molecule has 0 unspecified atom stereocenters. The standard InChI is InChI=1S/C21H26FN5O4/c1-4-25(5-2)21(31)27-10-8-26(9-11-27)20(30)18(28)14-12-24-17-13(19(29)23-3)6-7-15(22)16(14)17/h6-7,12,24H,4-5,8-11H2,1-3H3,(H,23,29). The molecule has 4 amide bonds. The van der Waals surface area contributed by atoms with Gasteiger partial charge in [0.1, 0.15) is 5.82 Å². The predicted octanol–water partition coefficient (Wildman–Crippen LogP) is 1.46.